The molecule has 0 spiro atoms. The molecular weight excluding hydrogens is 272 g/mol. The highest BCUT2D eigenvalue weighted by Crippen LogP contribution is 2.25. The highest BCUT2D eigenvalue weighted by atomic mass is 32.2. The molecule has 1 aromatic rings. The van der Waals surface area contributed by atoms with Crippen molar-refractivity contribution >= 4 is 10.0 Å². The van der Waals surface area contributed by atoms with Gasteiger partial charge >= 0.3 is 0 Å². The Morgan fingerprint density at radius 2 is 1.90 bits per heavy atom. The summed E-state index contributed by atoms with van der Waals surface area (Å²) >= 11 is 0. The van der Waals surface area contributed by atoms with Crippen LogP contribution in [0.2, 0.25) is 0 Å². The minimum absolute atomic E-state index is 0.0151. The first kappa shape index (κ1) is 15.0. The summed E-state index contributed by atoms with van der Waals surface area (Å²) in [7, 11) is -3.54. The van der Waals surface area contributed by atoms with E-state index in [0.29, 0.717) is 17.0 Å². The van der Waals surface area contributed by atoms with Crippen LogP contribution >= 0.6 is 0 Å². The lowest BCUT2D eigenvalue weighted by atomic mass is 9.88. The number of nitriles is 1. The van der Waals surface area contributed by atoms with Crippen LogP contribution in [0.4, 0.5) is 0 Å². The van der Waals surface area contributed by atoms with Crippen molar-refractivity contribution in [2.75, 3.05) is 0 Å². The molecule has 1 aliphatic carbocycles. The van der Waals surface area contributed by atoms with Gasteiger partial charge in [0.1, 0.15) is 0 Å². The predicted octanol–water partition coefficient (Wildman–Crippen LogP) is 2.72. The van der Waals surface area contributed by atoms with Gasteiger partial charge in [0.15, 0.2) is 0 Å². The van der Waals surface area contributed by atoms with Gasteiger partial charge in [-0.25, -0.2) is 13.1 Å². The number of hydrogen-bond acceptors (Lipinski definition) is 3. The zero-order chi connectivity index (χ0) is 14.8. The molecule has 1 saturated carbocycles. The fraction of sp³-hybridized carbons (Fsp3) is 0.533. The van der Waals surface area contributed by atoms with Gasteiger partial charge in [-0.15, -0.1) is 0 Å². The molecule has 0 unspecified atom stereocenters. The van der Waals surface area contributed by atoms with E-state index >= 15 is 0 Å². The fourth-order valence-corrected chi connectivity index (χ4v) is 4.20. The van der Waals surface area contributed by atoms with E-state index in [1.807, 2.05) is 6.07 Å². The molecule has 4 nitrogen and oxygen atoms in total. The van der Waals surface area contributed by atoms with Crippen LogP contribution in [0.25, 0.3) is 0 Å². The van der Waals surface area contributed by atoms with Crippen LogP contribution in [-0.4, -0.2) is 14.5 Å². The minimum Gasteiger partial charge on any atom is -0.208 e. The Bertz CT molecular complexity index is 624. The second-order valence-electron chi connectivity index (χ2n) is 5.67. The van der Waals surface area contributed by atoms with E-state index in [9.17, 15) is 8.42 Å². The zero-order valence-corrected chi connectivity index (χ0v) is 12.7. The molecule has 1 fully saturated rings. The van der Waals surface area contributed by atoms with Crippen molar-refractivity contribution in [2.45, 2.75) is 50.5 Å². The maximum atomic E-state index is 12.5. The first-order valence-electron chi connectivity index (χ1n) is 6.95. The van der Waals surface area contributed by atoms with Crippen LogP contribution in [0.1, 0.15) is 43.7 Å². The number of sulfonamides is 1. The number of nitrogens with zero attached hydrogens (tertiary/aromatic N) is 1. The van der Waals surface area contributed by atoms with Crippen LogP contribution < -0.4 is 4.72 Å². The standard InChI is InChI=1S/C15H20N2O2S/c1-11-3-7-14(8-4-11)17-20(18,19)15-9-13(10-16)6-5-12(15)2/h5-6,9,11,14,17H,3-4,7-8H2,1-2H3. The average molecular weight is 292 g/mol. The van der Waals surface area contributed by atoms with Crippen LogP contribution in [-0.2, 0) is 10.0 Å². The number of benzene rings is 1. The van der Waals surface area contributed by atoms with Crippen LogP contribution in [0.5, 0.6) is 0 Å². The van der Waals surface area contributed by atoms with E-state index in [-0.39, 0.29) is 10.9 Å². The molecular formula is C15H20N2O2S. The lowest BCUT2D eigenvalue weighted by Gasteiger charge is -2.27. The van der Waals surface area contributed by atoms with Crippen molar-refractivity contribution in [3.05, 3.63) is 29.3 Å². The van der Waals surface area contributed by atoms with Crippen molar-refractivity contribution in [3.63, 3.8) is 0 Å². The van der Waals surface area contributed by atoms with Crippen molar-refractivity contribution in [2.24, 2.45) is 5.92 Å². The number of aryl methyl sites for hydroxylation is 1. The first-order chi connectivity index (χ1) is 9.42. The van der Waals surface area contributed by atoms with E-state index in [1.54, 1.807) is 19.1 Å². The quantitative estimate of drug-likeness (QED) is 0.931. The second-order valence-corrected chi connectivity index (χ2v) is 7.35. The second kappa shape index (κ2) is 5.94. The van der Waals surface area contributed by atoms with Gasteiger partial charge in [-0.2, -0.15) is 5.26 Å². The fourth-order valence-electron chi connectivity index (χ4n) is 2.62. The molecule has 20 heavy (non-hydrogen) atoms. The van der Waals surface area contributed by atoms with Gasteiger partial charge in [-0.1, -0.05) is 13.0 Å². The molecule has 0 aromatic heterocycles. The maximum absolute atomic E-state index is 12.5. The third-order valence-corrected chi connectivity index (χ3v) is 5.61. The molecule has 0 aliphatic heterocycles. The SMILES string of the molecule is Cc1ccc(C#N)cc1S(=O)(=O)NC1CCC(C)CC1. The summed E-state index contributed by atoms with van der Waals surface area (Å²) in [6.45, 7) is 3.95. The van der Waals surface area contributed by atoms with E-state index in [4.69, 9.17) is 5.26 Å². The van der Waals surface area contributed by atoms with Crippen molar-refractivity contribution in [1.29, 1.82) is 5.26 Å². The highest BCUT2D eigenvalue weighted by Gasteiger charge is 2.25. The Labute approximate surface area is 120 Å². The summed E-state index contributed by atoms with van der Waals surface area (Å²) < 4.78 is 27.7. The number of nitrogens with one attached hydrogen (secondary N) is 1. The Morgan fingerprint density at radius 3 is 2.50 bits per heavy atom. The Morgan fingerprint density at radius 1 is 1.25 bits per heavy atom. The smallest absolute Gasteiger partial charge is 0.208 e. The lowest BCUT2D eigenvalue weighted by Crippen LogP contribution is -2.37. The third-order valence-electron chi connectivity index (χ3n) is 3.94. The summed E-state index contributed by atoms with van der Waals surface area (Å²) in [5, 5.41) is 8.90. The summed E-state index contributed by atoms with van der Waals surface area (Å²) in [6.07, 6.45) is 3.89. The molecule has 0 radical (unpaired) electrons. The maximum Gasteiger partial charge on any atom is 0.241 e. The number of hydrogen-bond donors (Lipinski definition) is 1. The van der Waals surface area contributed by atoms with Crippen LogP contribution in [0.15, 0.2) is 23.1 Å². The molecule has 0 saturated heterocycles. The molecule has 0 bridgehead atoms. The molecule has 1 aliphatic rings. The normalized spacial score (nSPS) is 23.2. The van der Waals surface area contributed by atoms with Gasteiger partial charge in [0, 0.05) is 6.04 Å². The van der Waals surface area contributed by atoms with Crippen molar-refractivity contribution in [1.82, 2.24) is 4.72 Å². The number of rotatable bonds is 3. The van der Waals surface area contributed by atoms with Gasteiger partial charge in [0.2, 0.25) is 10.0 Å². The van der Waals surface area contributed by atoms with E-state index < -0.39 is 10.0 Å². The molecule has 0 amide bonds. The minimum atomic E-state index is -3.54. The van der Waals surface area contributed by atoms with Gasteiger partial charge in [-0.05, 0) is 56.2 Å². The summed E-state index contributed by atoms with van der Waals surface area (Å²) in [5.41, 5.74) is 1.04. The molecule has 2 rings (SSSR count). The largest absolute Gasteiger partial charge is 0.241 e. The highest BCUT2D eigenvalue weighted by molar-refractivity contribution is 7.89. The molecule has 0 heterocycles. The summed E-state index contributed by atoms with van der Waals surface area (Å²) in [4.78, 5) is 0.218. The topological polar surface area (TPSA) is 70.0 Å². The van der Waals surface area contributed by atoms with E-state index in [2.05, 4.69) is 11.6 Å². The summed E-state index contributed by atoms with van der Waals surface area (Å²) in [6, 6.07) is 6.76. The third kappa shape index (κ3) is 3.38. The van der Waals surface area contributed by atoms with Gasteiger partial charge in [0.25, 0.3) is 0 Å². The average Bonchev–Trinajstić information content (AvgIpc) is 2.41. The van der Waals surface area contributed by atoms with Gasteiger partial charge in [-0.3, -0.25) is 0 Å². The molecule has 108 valence electrons. The van der Waals surface area contributed by atoms with Crippen LogP contribution in [0, 0.1) is 24.2 Å². The molecule has 5 heteroatoms. The Balaban J connectivity index is 2.20. The first-order valence-corrected chi connectivity index (χ1v) is 8.44. The van der Waals surface area contributed by atoms with Crippen LogP contribution in [0.3, 0.4) is 0 Å². The molecule has 0 atom stereocenters. The van der Waals surface area contributed by atoms with E-state index in [1.165, 1.54) is 6.07 Å². The molecule has 1 aromatic carbocycles. The Kier molecular flexibility index (Phi) is 4.46. The molecule has 1 N–H and O–H groups in total. The monoisotopic (exact) mass is 292 g/mol. The van der Waals surface area contributed by atoms with Gasteiger partial charge < -0.3 is 0 Å². The van der Waals surface area contributed by atoms with Crippen molar-refractivity contribution < 1.29 is 8.42 Å². The van der Waals surface area contributed by atoms with E-state index in [0.717, 1.165) is 25.7 Å². The summed E-state index contributed by atoms with van der Waals surface area (Å²) in [5.74, 6) is 0.680. The van der Waals surface area contributed by atoms with Gasteiger partial charge in [0.05, 0.1) is 16.5 Å². The Hall–Kier alpha value is -1.38. The lowest BCUT2D eigenvalue weighted by molar-refractivity contribution is 0.332. The van der Waals surface area contributed by atoms with Crippen molar-refractivity contribution in [3.8, 4) is 6.07 Å². The zero-order valence-electron chi connectivity index (χ0n) is 11.9. The predicted molar refractivity (Wildman–Crippen MR) is 77.6 cm³/mol.